The van der Waals surface area contributed by atoms with Crippen LogP contribution in [0.3, 0.4) is 0 Å². The molecule has 0 radical (unpaired) electrons. The maximum atomic E-state index is 12.4. The zero-order valence-electron chi connectivity index (χ0n) is 26.2. The smallest absolute Gasteiger partial charge is 0.305 e. The van der Waals surface area contributed by atoms with E-state index in [-0.39, 0.29) is 11.0 Å². The van der Waals surface area contributed by atoms with Crippen molar-refractivity contribution in [3.8, 4) is 0 Å². The van der Waals surface area contributed by atoms with Crippen LogP contribution in [0.1, 0.15) is 130 Å². The fourth-order valence-corrected chi connectivity index (χ4v) is 10.4. The normalized spacial score (nSPS) is 12.0. The highest BCUT2D eigenvalue weighted by Gasteiger charge is 2.49. The largest absolute Gasteiger partial charge is 0.466 e. The van der Waals surface area contributed by atoms with Gasteiger partial charge in [-0.2, -0.15) is 0 Å². The monoisotopic (exact) mass is 566 g/mol. The lowest BCUT2D eigenvalue weighted by atomic mass is 10.0. The molecule has 0 aliphatic carbocycles. The molecule has 0 aliphatic rings. The summed E-state index contributed by atoms with van der Waals surface area (Å²) >= 11 is 0. The molecule has 2 aromatic carbocycles. The number of hydrogen-bond acceptors (Lipinski definition) is 3. The molecular formula is C36H58O3Si. The number of carbonyl (C=O) groups excluding carboxylic acids is 1. The molecule has 0 fully saturated rings. The average Bonchev–Trinajstić information content (AvgIpc) is 2.95. The van der Waals surface area contributed by atoms with Crippen LogP contribution in [0, 0.1) is 0 Å². The Bertz CT molecular complexity index is 852. The van der Waals surface area contributed by atoms with E-state index in [1.807, 2.05) is 0 Å². The van der Waals surface area contributed by atoms with Gasteiger partial charge < -0.3 is 9.16 Å². The van der Waals surface area contributed by atoms with Crippen LogP contribution in [0.5, 0.6) is 0 Å². The predicted molar refractivity (Wildman–Crippen MR) is 174 cm³/mol. The summed E-state index contributed by atoms with van der Waals surface area (Å²) in [5.41, 5.74) is 0. The van der Waals surface area contributed by atoms with Crippen molar-refractivity contribution in [2.24, 2.45) is 0 Å². The molecule has 2 aromatic rings. The quantitative estimate of drug-likeness (QED) is 0.0809. The molecule has 40 heavy (non-hydrogen) atoms. The molecule has 4 heteroatoms. The van der Waals surface area contributed by atoms with Crippen LogP contribution < -0.4 is 10.4 Å². The first kappa shape index (κ1) is 34.3. The maximum Gasteiger partial charge on any atom is 0.305 e. The lowest BCUT2D eigenvalue weighted by molar-refractivity contribution is -0.144. The molecule has 2 rings (SSSR count). The van der Waals surface area contributed by atoms with Crippen molar-refractivity contribution in [3.63, 3.8) is 0 Å². The molecular weight excluding hydrogens is 508 g/mol. The highest BCUT2D eigenvalue weighted by atomic mass is 28.4. The van der Waals surface area contributed by atoms with E-state index in [2.05, 4.69) is 88.4 Å². The summed E-state index contributed by atoms with van der Waals surface area (Å²) in [5.74, 6) is -0.0965. The molecule has 0 N–H and O–H groups in total. The molecule has 0 bridgehead atoms. The van der Waals surface area contributed by atoms with E-state index < -0.39 is 8.32 Å². The topological polar surface area (TPSA) is 35.5 Å². The fourth-order valence-electron chi connectivity index (χ4n) is 5.76. The summed E-state index contributed by atoms with van der Waals surface area (Å²) in [7, 11) is -2.54. The molecule has 0 unspecified atom stereocenters. The highest BCUT2D eigenvalue weighted by Crippen LogP contribution is 2.36. The number of ether oxygens (including phenoxy) is 1. The molecule has 0 saturated carbocycles. The van der Waals surface area contributed by atoms with Gasteiger partial charge in [-0.3, -0.25) is 4.79 Å². The van der Waals surface area contributed by atoms with Crippen molar-refractivity contribution in [1.82, 2.24) is 0 Å². The minimum Gasteiger partial charge on any atom is -0.466 e. The summed E-state index contributed by atoms with van der Waals surface area (Å²) in [6, 6.07) is 21.3. The van der Waals surface area contributed by atoms with E-state index in [1.165, 1.54) is 87.4 Å². The van der Waals surface area contributed by atoms with Gasteiger partial charge in [0.1, 0.15) is 0 Å². The van der Waals surface area contributed by atoms with Gasteiger partial charge in [-0.1, -0.05) is 172 Å². The van der Waals surface area contributed by atoms with Crippen molar-refractivity contribution in [1.29, 1.82) is 0 Å². The number of esters is 1. The van der Waals surface area contributed by atoms with E-state index in [4.69, 9.17) is 9.16 Å². The lowest BCUT2D eigenvalue weighted by Gasteiger charge is -2.43. The number of rotatable bonds is 22. The average molecular weight is 567 g/mol. The Morgan fingerprint density at radius 3 is 1.45 bits per heavy atom. The third-order valence-corrected chi connectivity index (χ3v) is 13.1. The second kappa shape index (κ2) is 20.0. The molecule has 0 aromatic heterocycles. The Balaban J connectivity index is 1.61. The summed E-state index contributed by atoms with van der Waals surface area (Å²) in [5, 5.41) is 2.49. The number of unbranched alkanes of at least 4 members (excludes halogenated alkanes) is 13. The third kappa shape index (κ3) is 12.3. The Hall–Kier alpha value is -1.91. The SMILES string of the molecule is CCCCCCCCCCCCCCCCOC(=O)CCCO[Si](c1ccccc1)(c1ccccc1)C(C)(C)C. The van der Waals surface area contributed by atoms with Crippen LogP contribution in [0.2, 0.25) is 5.04 Å². The lowest BCUT2D eigenvalue weighted by Crippen LogP contribution is -2.66. The summed E-state index contributed by atoms with van der Waals surface area (Å²) in [6.07, 6.45) is 19.7. The van der Waals surface area contributed by atoms with E-state index in [1.54, 1.807) is 0 Å². The zero-order chi connectivity index (χ0) is 28.9. The minimum absolute atomic E-state index is 0.0515. The molecule has 224 valence electrons. The van der Waals surface area contributed by atoms with Gasteiger partial charge in [0.25, 0.3) is 8.32 Å². The van der Waals surface area contributed by atoms with Crippen molar-refractivity contribution in [2.75, 3.05) is 13.2 Å². The Morgan fingerprint density at radius 2 is 1.02 bits per heavy atom. The van der Waals surface area contributed by atoms with Gasteiger partial charge in [0.15, 0.2) is 0 Å². The molecule has 0 aliphatic heterocycles. The first-order valence-corrected chi connectivity index (χ1v) is 18.2. The van der Waals surface area contributed by atoms with E-state index in [0.717, 1.165) is 12.8 Å². The fraction of sp³-hybridized carbons (Fsp3) is 0.639. The van der Waals surface area contributed by atoms with E-state index >= 15 is 0 Å². The molecule has 0 heterocycles. The standard InChI is InChI=1S/C36H58O3Si/c1-5-6-7-8-9-10-11-12-13-14-15-16-17-24-31-38-35(37)30-25-32-39-40(36(2,3)4,33-26-20-18-21-27-33)34-28-22-19-23-29-34/h18-23,26-29H,5-17,24-25,30-32H2,1-4H3. The van der Waals surface area contributed by atoms with E-state index in [0.29, 0.717) is 26.1 Å². The molecule has 0 amide bonds. The Morgan fingerprint density at radius 1 is 0.600 bits per heavy atom. The second-order valence-corrected chi connectivity index (χ2v) is 16.7. The Kier molecular flexibility index (Phi) is 17.2. The minimum atomic E-state index is -2.54. The van der Waals surface area contributed by atoms with Gasteiger partial charge in [-0.05, 0) is 28.3 Å². The van der Waals surface area contributed by atoms with Crippen LogP contribution in [-0.2, 0) is 14.0 Å². The first-order valence-electron chi connectivity index (χ1n) is 16.3. The Labute approximate surface area is 247 Å². The zero-order valence-corrected chi connectivity index (χ0v) is 27.2. The van der Waals surface area contributed by atoms with Gasteiger partial charge in [-0.25, -0.2) is 0 Å². The van der Waals surface area contributed by atoms with Crippen molar-refractivity contribution < 1.29 is 14.0 Å². The summed E-state index contributed by atoms with van der Waals surface area (Å²) < 4.78 is 12.4. The van der Waals surface area contributed by atoms with Crippen LogP contribution in [0.4, 0.5) is 0 Å². The third-order valence-electron chi connectivity index (χ3n) is 8.02. The molecule has 0 saturated heterocycles. The number of carbonyl (C=O) groups is 1. The first-order chi connectivity index (χ1) is 19.4. The van der Waals surface area contributed by atoms with Crippen LogP contribution in [0.15, 0.2) is 60.7 Å². The predicted octanol–water partition coefficient (Wildman–Crippen LogP) is 9.37. The van der Waals surface area contributed by atoms with Crippen molar-refractivity contribution >= 4 is 24.7 Å². The molecule has 0 atom stereocenters. The van der Waals surface area contributed by atoms with Gasteiger partial charge in [-0.15, -0.1) is 0 Å². The van der Waals surface area contributed by atoms with Crippen LogP contribution in [0.25, 0.3) is 0 Å². The molecule has 0 spiro atoms. The molecule has 3 nitrogen and oxygen atoms in total. The second-order valence-electron chi connectivity index (χ2n) is 12.4. The van der Waals surface area contributed by atoms with Gasteiger partial charge in [0.2, 0.25) is 0 Å². The summed E-state index contributed by atoms with van der Waals surface area (Å²) in [4.78, 5) is 12.4. The summed E-state index contributed by atoms with van der Waals surface area (Å²) in [6.45, 7) is 10.2. The maximum absolute atomic E-state index is 12.4. The van der Waals surface area contributed by atoms with Crippen molar-refractivity contribution in [3.05, 3.63) is 60.7 Å². The van der Waals surface area contributed by atoms with Crippen LogP contribution in [-0.4, -0.2) is 27.5 Å². The number of hydrogen-bond donors (Lipinski definition) is 0. The van der Waals surface area contributed by atoms with Crippen molar-refractivity contribution in [2.45, 2.75) is 135 Å². The van der Waals surface area contributed by atoms with Gasteiger partial charge in [0.05, 0.1) is 6.61 Å². The highest BCUT2D eigenvalue weighted by molar-refractivity contribution is 6.99. The van der Waals surface area contributed by atoms with Gasteiger partial charge in [0, 0.05) is 13.0 Å². The van der Waals surface area contributed by atoms with E-state index in [9.17, 15) is 4.79 Å². The van der Waals surface area contributed by atoms with Crippen LogP contribution >= 0.6 is 0 Å². The number of benzene rings is 2. The van der Waals surface area contributed by atoms with Gasteiger partial charge >= 0.3 is 5.97 Å².